The number of fused-ring (bicyclic) bond motifs is 2. The fraction of sp³-hybridized carbons (Fsp3) is 1.00. The van der Waals surface area contributed by atoms with E-state index >= 15 is 0 Å². The van der Waals surface area contributed by atoms with Crippen molar-refractivity contribution >= 4 is 0 Å². The van der Waals surface area contributed by atoms with Crippen molar-refractivity contribution in [1.82, 2.24) is 0 Å². The molecule has 3 rings (SSSR count). The van der Waals surface area contributed by atoms with Gasteiger partial charge in [-0.25, -0.2) is 0 Å². The van der Waals surface area contributed by atoms with Gasteiger partial charge in [-0.3, -0.25) is 0 Å². The van der Waals surface area contributed by atoms with Crippen LogP contribution in [0.1, 0.15) is 48.0 Å². The highest BCUT2D eigenvalue weighted by molar-refractivity contribution is 5.09. The van der Waals surface area contributed by atoms with Crippen molar-refractivity contribution in [2.75, 3.05) is 13.2 Å². The van der Waals surface area contributed by atoms with Crippen molar-refractivity contribution in [2.45, 2.75) is 77.0 Å². The third kappa shape index (κ3) is 2.03. The summed E-state index contributed by atoms with van der Waals surface area (Å²) in [4.78, 5) is 0. The molecule has 0 saturated carbocycles. The van der Waals surface area contributed by atoms with Gasteiger partial charge in [-0.1, -0.05) is 13.8 Å². The van der Waals surface area contributed by atoms with Crippen LogP contribution in [0.4, 0.5) is 0 Å². The van der Waals surface area contributed by atoms with Crippen molar-refractivity contribution in [3.8, 4) is 0 Å². The van der Waals surface area contributed by atoms with Crippen molar-refractivity contribution in [1.29, 1.82) is 0 Å². The fourth-order valence-corrected chi connectivity index (χ4v) is 3.61. The molecule has 116 valence electrons. The van der Waals surface area contributed by atoms with Crippen molar-refractivity contribution in [2.24, 2.45) is 5.92 Å². The molecule has 3 aliphatic rings. The van der Waals surface area contributed by atoms with Crippen LogP contribution >= 0.6 is 0 Å². The molecule has 0 unspecified atom stereocenters. The van der Waals surface area contributed by atoms with E-state index in [1.165, 1.54) is 0 Å². The molecule has 0 aliphatic carbocycles. The van der Waals surface area contributed by atoms with E-state index < -0.39 is 23.0 Å². The number of ether oxygens (including phenoxy) is 5. The average Bonchev–Trinajstić information content (AvgIpc) is 2.75. The molecule has 1 spiro atoms. The molecule has 0 aromatic rings. The first-order chi connectivity index (χ1) is 9.11. The van der Waals surface area contributed by atoms with Crippen LogP contribution in [0.3, 0.4) is 0 Å². The molecule has 0 radical (unpaired) electrons. The number of hydrogen-bond acceptors (Lipinski definition) is 5. The van der Waals surface area contributed by atoms with Crippen LogP contribution < -0.4 is 0 Å². The van der Waals surface area contributed by atoms with Crippen molar-refractivity contribution in [3.05, 3.63) is 0 Å². The van der Waals surface area contributed by atoms with Crippen molar-refractivity contribution in [3.63, 3.8) is 0 Å². The van der Waals surface area contributed by atoms with Gasteiger partial charge in [-0.15, -0.1) is 0 Å². The summed E-state index contributed by atoms with van der Waals surface area (Å²) in [5.74, 6) is -1.86. The van der Waals surface area contributed by atoms with Gasteiger partial charge in [0.15, 0.2) is 11.6 Å². The Balaban J connectivity index is 1.99. The molecule has 0 aromatic heterocycles. The van der Waals surface area contributed by atoms with Gasteiger partial charge < -0.3 is 23.7 Å². The van der Waals surface area contributed by atoms with Crippen LogP contribution in [0.5, 0.6) is 0 Å². The summed E-state index contributed by atoms with van der Waals surface area (Å²) in [7, 11) is 0. The molecule has 5 heteroatoms. The molecule has 0 N–H and O–H groups in total. The zero-order valence-electron chi connectivity index (χ0n) is 13.3. The molecule has 3 fully saturated rings. The van der Waals surface area contributed by atoms with Crippen LogP contribution in [0.25, 0.3) is 0 Å². The SMILES string of the molecule is CC(C)[C@@]12OCC[C@]3(COC(C)(C)O3)[C@@H]1OC(C)(C)O2. The first kappa shape index (κ1) is 14.7. The molecule has 3 heterocycles. The predicted molar refractivity (Wildman–Crippen MR) is 72.0 cm³/mol. The standard InChI is InChI=1S/C15H26O5/c1-10(2)15-11(18-13(5,6)20-15)14(7-8-16-15)9-17-12(3,4)19-14/h10-11H,7-9H2,1-6H3/t11-,14-,15-/m0/s1. The van der Waals surface area contributed by atoms with Gasteiger partial charge >= 0.3 is 0 Å². The van der Waals surface area contributed by atoms with Gasteiger partial charge in [0, 0.05) is 12.3 Å². The van der Waals surface area contributed by atoms with Gasteiger partial charge in [-0.2, -0.15) is 0 Å². The topological polar surface area (TPSA) is 46.2 Å². The van der Waals surface area contributed by atoms with Crippen LogP contribution in [-0.4, -0.2) is 42.3 Å². The average molecular weight is 286 g/mol. The monoisotopic (exact) mass is 286 g/mol. The Morgan fingerprint density at radius 1 is 0.950 bits per heavy atom. The molecule has 0 bridgehead atoms. The molecule has 0 aromatic carbocycles. The zero-order chi connectivity index (χ0) is 14.8. The summed E-state index contributed by atoms with van der Waals surface area (Å²) in [5.41, 5.74) is -0.486. The normalized spacial score (nSPS) is 46.0. The van der Waals surface area contributed by atoms with E-state index in [4.69, 9.17) is 23.7 Å². The smallest absolute Gasteiger partial charge is 0.203 e. The Labute approximate surface area is 120 Å². The highest BCUT2D eigenvalue weighted by atomic mass is 16.9. The lowest BCUT2D eigenvalue weighted by Gasteiger charge is -2.47. The second-order valence-electron chi connectivity index (χ2n) is 7.33. The molecule has 3 saturated heterocycles. The summed E-state index contributed by atoms with van der Waals surface area (Å²) >= 11 is 0. The van der Waals surface area contributed by atoms with E-state index in [0.717, 1.165) is 6.42 Å². The Bertz CT molecular complexity index is 405. The number of hydrogen-bond donors (Lipinski definition) is 0. The minimum atomic E-state index is -0.758. The lowest BCUT2D eigenvalue weighted by Crippen LogP contribution is -2.64. The van der Waals surface area contributed by atoms with Gasteiger partial charge in [0.05, 0.1) is 13.2 Å². The van der Waals surface area contributed by atoms with Gasteiger partial charge in [-0.05, 0) is 27.7 Å². The molecular formula is C15H26O5. The van der Waals surface area contributed by atoms with E-state index in [9.17, 15) is 0 Å². The largest absolute Gasteiger partial charge is 0.347 e. The second-order valence-corrected chi connectivity index (χ2v) is 7.33. The third-order valence-corrected chi connectivity index (χ3v) is 4.42. The fourth-order valence-electron chi connectivity index (χ4n) is 3.61. The summed E-state index contributed by atoms with van der Waals surface area (Å²) in [5, 5.41) is 0. The van der Waals surface area contributed by atoms with Gasteiger partial charge in [0.25, 0.3) is 0 Å². The Morgan fingerprint density at radius 2 is 1.65 bits per heavy atom. The van der Waals surface area contributed by atoms with E-state index in [2.05, 4.69) is 13.8 Å². The van der Waals surface area contributed by atoms with Crippen LogP contribution in [0.15, 0.2) is 0 Å². The summed E-state index contributed by atoms with van der Waals surface area (Å²) in [6, 6.07) is 0. The Kier molecular flexibility index (Phi) is 3.07. The summed E-state index contributed by atoms with van der Waals surface area (Å²) < 4.78 is 30.5. The quantitative estimate of drug-likeness (QED) is 0.741. The predicted octanol–water partition coefficient (Wildman–Crippen LogP) is 2.43. The maximum Gasteiger partial charge on any atom is 0.203 e. The summed E-state index contributed by atoms with van der Waals surface area (Å²) in [6.45, 7) is 13.0. The molecule has 0 amide bonds. The van der Waals surface area contributed by atoms with Crippen LogP contribution in [0, 0.1) is 5.92 Å². The van der Waals surface area contributed by atoms with E-state index in [1.54, 1.807) is 0 Å². The van der Waals surface area contributed by atoms with Crippen molar-refractivity contribution < 1.29 is 23.7 Å². The molecule has 3 atom stereocenters. The summed E-state index contributed by atoms with van der Waals surface area (Å²) in [6.07, 6.45) is 0.482. The van der Waals surface area contributed by atoms with Crippen LogP contribution in [-0.2, 0) is 23.7 Å². The van der Waals surface area contributed by atoms with Crippen LogP contribution in [0.2, 0.25) is 0 Å². The number of rotatable bonds is 1. The lowest BCUT2D eigenvalue weighted by molar-refractivity contribution is -0.314. The second kappa shape index (κ2) is 4.17. The first-order valence-electron chi connectivity index (χ1n) is 7.47. The highest BCUT2D eigenvalue weighted by Gasteiger charge is 2.69. The maximum atomic E-state index is 6.25. The maximum absolute atomic E-state index is 6.25. The lowest BCUT2D eigenvalue weighted by atomic mass is 9.81. The Morgan fingerprint density at radius 3 is 2.20 bits per heavy atom. The molecule has 3 aliphatic heterocycles. The minimum Gasteiger partial charge on any atom is -0.347 e. The minimum absolute atomic E-state index is 0.166. The molecule has 5 nitrogen and oxygen atoms in total. The highest BCUT2D eigenvalue weighted by Crippen LogP contribution is 2.53. The van der Waals surface area contributed by atoms with Gasteiger partial charge in [0.2, 0.25) is 5.79 Å². The first-order valence-corrected chi connectivity index (χ1v) is 7.47. The molecule has 20 heavy (non-hydrogen) atoms. The third-order valence-electron chi connectivity index (χ3n) is 4.42. The Hall–Kier alpha value is -0.200. The van der Waals surface area contributed by atoms with E-state index in [0.29, 0.717) is 13.2 Å². The van der Waals surface area contributed by atoms with Gasteiger partial charge in [0.1, 0.15) is 11.7 Å². The molecular weight excluding hydrogens is 260 g/mol. The van der Waals surface area contributed by atoms with E-state index in [1.807, 2.05) is 27.7 Å². The van der Waals surface area contributed by atoms with E-state index in [-0.39, 0.29) is 12.0 Å². The zero-order valence-corrected chi connectivity index (χ0v) is 13.3.